The summed E-state index contributed by atoms with van der Waals surface area (Å²) in [6.45, 7) is 1.97. The minimum atomic E-state index is 0.642. The topological polar surface area (TPSA) is 51.5 Å². The van der Waals surface area contributed by atoms with Crippen molar-refractivity contribution in [1.82, 2.24) is 0 Å². The van der Waals surface area contributed by atoms with Crippen LogP contribution < -0.4 is 14.2 Å². The fourth-order valence-electron chi connectivity index (χ4n) is 3.08. The predicted octanol–water partition coefficient (Wildman–Crippen LogP) is 4.71. The lowest BCUT2D eigenvalue weighted by molar-refractivity contribution is 0.356. The number of fused-ring (bicyclic) bond motifs is 1. The molecular formula is C21H19NO3. The number of ether oxygens (including phenoxy) is 3. The lowest BCUT2D eigenvalue weighted by Gasteiger charge is -2.16. The number of methoxy groups -OCH3 is 3. The van der Waals surface area contributed by atoms with Gasteiger partial charge in [0.25, 0.3) is 0 Å². The van der Waals surface area contributed by atoms with Crippen molar-refractivity contribution in [2.45, 2.75) is 6.92 Å². The van der Waals surface area contributed by atoms with Crippen molar-refractivity contribution in [3.05, 3.63) is 53.6 Å². The zero-order chi connectivity index (χ0) is 18.0. The Kier molecular flexibility index (Phi) is 4.49. The molecular weight excluding hydrogens is 314 g/mol. The summed E-state index contributed by atoms with van der Waals surface area (Å²) in [5, 5.41) is 11.5. The Labute approximate surface area is 147 Å². The fraction of sp³-hybridized carbons (Fsp3) is 0.190. The van der Waals surface area contributed by atoms with Gasteiger partial charge in [-0.15, -0.1) is 0 Å². The molecule has 0 radical (unpaired) electrons. The number of hydrogen-bond donors (Lipinski definition) is 0. The molecule has 0 aliphatic heterocycles. The maximum absolute atomic E-state index is 9.53. The molecule has 0 unspecified atom stereocenters. The van der Waals surface area contributed by atoms with E-state index in [1.165, 1.54) is 0 Å². The normalized spacial score (nSPS) is 10.4. The highest BCUT2D eigenvalue weighted by Crippen LogP contribution is 2.40. The zero-order valence-corrected chi connectivity index (χ0v) is 14.7. The summed E-state index contributed by atoms with van der Waals surface area (Å²) in [5.74, 6) is 2.10. The van der Waals surface area contributed by atoms with Crippen LogP contribution in [0.15, 0.2) is 42.5 Å². The molecule has 0 aromatic heterocycles. The maximum Gasteiger partial charge on any atom is 0.161 e. The van der Waals surface area contributed by atoms with Gasteiger partial charge in [0, 0.05) is 0 Å². The van der Waals surface area contributed by atoms with Crippen LogP contribution in [-0.2, 0) is 0 Å². The van der Waals surface area contributed by atoms with Crippen LogP contribution in [0.5, 0.6) is 17.2 Å². The molecule has 0 atom stereocenters. The summed E-state index contributed by atoms with van der Waals surface area (Å²) in [6, 6.07) is 15.9. The Morgan fingerprint density at radius 3 is 2.04 bits per heavy atom. The molecule has 3 aromatic rings. The molecule has 0 amide bonds. The van der Waals surface area contributed by atoms with Gasteiger partial charge in [0.2, 0.25) is 0 Å². The first-order valence-electron chi connectivity index (χ1n) is 7.86. The van der Waals surface area contributed by atoms with Crippen LogP contribution in [0.2, 0.25) is 0 Å². The van der Waals surface area contributed by atoms with Crippen LogP contribution in [-0.4, -0.2) is 21.3 Å². The van der Waals surface area contributed by atoms with Crippen molar-refractivity contribution in [3.8, 4) is 34.4 Å². The van der Waals surface area contributed by atoms with E-state index in [1.54, 1.807) is 21.3 Å². The predicted molar refractivity (Wildman–Crippen MR) is 98.5 cm³/mol. The highest BCUT2D eigenvalue weighted by molar-refractivity contribution is 6.01. The van der Waals surface area contributed by atoms with Gasteiger partial charge in [0.05, 0.1) is 33.0 Å². The van der Waals surface area contributed by atoms with Gasteiger partial charge in [0.15, 0.2) is 11.5 Å². The lowest BCUT2D eigenvalue weighted by atomic mass is 9.90. The van der Waals surface area contributed by atoms with Gasteiger partial charge in [-0.2, -0.15) is 5.26 Å². The van der Waals surface area contributed by atoms with Crippen molar-refractivity contribution in [2.24, 2.45) is 0 Å². The van der Waals surface area contributed by atoms with E-state index in [9.17, 15) is 5.26 Å². The van der Waals surface area contributed by atoms with Gasteiger partial charge >= 0.3 is 0 Å². The van der Waals surface area contributed by atoms with Gasteiger partial charge in [-0.25, -0.2) is 0 Å². The molecule has 0 heterocycles. The van der Waals surface area contributed by atoms with Crippen LogP contribution in [0.4, 0.5) is 0 Å². The number of rotatable bonds is 4. The Morgan fingerprint density at radius 2 is 1.48 bits per heavy atom. The molecule has 0 saturated heterocycles. The van der Waals surface area contributed by atoms with Crippen LogP contribution in [0.3, 0.4) is 0 Å². The van der Waals surface area contributed by atoms with Crippen molar-refractivity contribution in [1.29, 1.82) is 5.26 Å². The first kappa shape index (κ1) is 16.7. The standard InChI is InChI=1S/C21H19NO3/c1-13-16(12-22)9-15-10-19(24-3)20(25-4)11-18(15)21(13)14-5-7-17(23-2)8-6-14/h5-11H,1-4H3. The number of nitriles is 1. The minimum Gasteiger partial charge on any atom is -0.497 e. The SMILES string of the molecule is COc1ccc(-c2c(C)c(C#N)cc3cc(OC)c(OC)cc23)cc1. The second kappa shape index (κ2) is 6.74. The lowest BCUT2D eigenvalue weighted by Crippen LogP contribution is -1.95. The van der Waals surface area contributed by atoms with Crippen LogP contribution in [0.1, 0.15) is 11.1 Å². The minimum absolute atomic E-state index is 0.642. The van der Waals surface area contributed by atoms with E-state index >= 15 is 0 Å². The third-order valence-electron chi connectivity index (χ3n) is 4.40. The highest BCUT2D eigenvalue weighted by atomic mass is 16.5. The van der Waals surface area contributed by atoms with E-state index in [2.05, 4.69) is 6.07 Å². The first-order valence-corrected chi connectivity index (χ1v) is 7.86. The Morgan fingerprint density at radius 1 is 0.840 bits per heavy atom. The summed E-state index contributed by atoms with van der Waals surface area (Å²) in [5.41, 5.74) is 3.61. The van der Waals surface area contributed by atoms with Gasteiger partial charge in [0.1, 0.15) is 5.75 Å². The summed E-state index contributed by atoms with van der Waals surface area (Å²) in [7, 11) is 4.86. The Bertz CT molecular complexity index is 969. The maximum atomic E-state index is 9.53. The van der Waals surface area contributed by atoms with Crippen molar-refractivity contribution < 1.29 is 14.2 Å². The van der Waals surface area contributed by atoms with Gasteiger partial charge in [-0.3, -0.25) is 0 Å². The number of benzene rings is 3. The van der Waals surface area contributed by atoms with Gasteiger partial charge in [-0.05, 0) is 64.7 Å². The van der Waals surface area contributed by atoms with E-state index < -0.39 is 0 Å². The van der Waals surface area contributed by atoms with Crippen molar-refractivity contribution in [2.75, 3.05) is 21.3 Å². The molecule has 0 bridgehead atoms. The molecule has 3 aromatic carbocycles. The summed E-state index contributed by atoms with van der Waals surface area (Å²) < 4.78 is 16.1. The molecule has 4 heteroatoms. The summed E-state index contributed by atoms with van der Waals surface area (Å²) >= 11 is 0. The third-order valence-corrected chi connectivity index (χ3v) is 4.40. The molecule has 0 spiro atoms. The van der Waals surface area contributed by atoms with E-state index in [1.807, 2.05) is 49.4 Å². The molecule has 126 valence electrons. The number of hydrogen-bond acceptors (Lipinski definition) is 4. The molecule has 0 N–H and O–H groups in total. The van der Waals surface area contributed by atoms with Crippen LogP contribution in [0.25, 0.3) is 21.9 Å². The monoisotopic (exact) mass is 333 g/mol. The van der Waals surface area contributed by atoms with E-state index in [4.69, 9.17) is 14.2 Å². The molecule has 4 nitrogen and oxygen atoms in total. The van der Waals surface area contributed by atoms with Crippen LogP contribution >= 0.6 is 0 Å². The average Bonchev–Trinajstić information content (AvgIpc) is 2.66. The molecule has 0 fully saturated rings. The van der Waals surface area contributed by atoms with Gasteiger partial charge < -0.3 is 14.2 Å². The molecule has 0 aliphatic carbocycles. The first-order chi connectivity index (χ1) is 12.1. The fourth-order valence-corrected chi connectivity index (χ4v) is 3.08. The Hall–Kier alpha value is -3.19. The van der Waals surface area contributed by atoms with Crippen molar-refractivity contribution >= 4 is 10.8 Å². The average molecular weight is 333 g/mol. The van der Waals surface area contributed by atoms with E-state index in [-0.39, 0.29) is 0 Å². The van der Waals surface area contributed by atoms with Crippen LogP contribution in [0, 0.1) is 18.3 Å². The van der Waals surface area contributed by atoms with Crippen molar-refractivity contribution in [3.63, 3.8) is 0 Å². The second-order valence-corrected chi connectivity index (χ2v) is 5.69. The molecule has 0 aliphatic rings. The highest BCUT2D eigenvalue weighted by Gasteiger charge is 2.15. The molecule has 25 heavy (non-hydrogen) atoms. The zero-order valence-electron chi connectivity index (χ0n) is 14.7. The second-order valence-electron chi connectivity index (χ2n) is 5.69. The molecule has 3 rings (SSSR count). The quantitative estimate of drug-likeness (QED) is 0.693. The van der Waals surface area contributed by atoms with E-state index in [0.29, 0.717) is 17.1 Å². The third kappa shape index (κ3) is 2.85. The smallest absolute Gasteiger partial charge is 0.161 e. The largest absolute Gasteiger partial charge is 0.497 e. The van der Waals surface area contributed by atoms with Gasteiger partial charge in [-0.1, -0.05) is 12.1 Å². The summed E-state index contributed by atoms with van der Waals surface area (Å²) in [6.07, 6.45) is 0. The summed E-state index contributed by atoms with van der Waals surface area (Å²) in [4.78, 5) is 0. The van der Waals surface area contributed by atoms with E-state index in [0.717, 1.165) is 33.2 Å². The number of nitrogens with zero attached hydrogens (tertiary/aromatic N) is 1. The Balaban J connectivity index is 2.37. The molecule has 0 saturated carbocycles.